The van der Waals surface area contributed by atoms with E-state index in [0.717, 1.165) is 36.0 Å². The van der Waals surface area contributed by atoms with E-state index in [1.54, 1.807) is 30.3 Å². The number of rotatable bonds is 7. The third-order valence-corrected chi connectivity index (χ3v) is 9.06. The summed E-state index contributed by atoms with van der Waals surface area (Å²) in [7, 11) is -3.83. The number of nitrogens with zero attached hydrogens (tertiary/aromatic N) is 1. The fourth-order valence-corrected chi connectivity index (χ4v) is 6.99. The molecule has 1 aliphatic heterocycles. The van der Waals surface area contributed by atoms with Gasteiger partial charge in [0, 0.05) is 6.54 Å². The highest BCUT2D eigenvalue weighted by Crippen LogP contribution is 2.36. The van der Waals surface area contributed by atoms with Crippen molar-refractivity contribution in [3.8, 4) is 0 Å². The number of amides is 1. The summed E-state index contributed by atoms with van der Waals surface area (Å²) in [5.41, 5.74) is 4.13. The van der Waals surface area contributed by atoms with Gasteiger partial charge in [-0.2, -0.15) is 4.31 Å². The number of benzene rings is 3. The number of hydrogen-bond acceptors (Lipinski definition) is 5. The molecule has 1 heterocycles. The van der Waals surface area contributed by atoms with E-state index in [0.29, 0.717) is 6.42 Å². The number of sulfonamides is 1. The first-order valence-electron chi connectivity index (χ1n) is 12.6. The summed E-state index contributed by atoms with van der Waals surface area (Å²) in [6.07, 6.45) is 3.18. The second kappa shape index (κ2) is 10.9. The molecule has 1 amide bonds. The van der Waals surface area contributed by atoms with Gasteiger partial charge in [-0.25, -0.2) is 8.42 Å². The van der Waals surface area contributed by atoms with Crippen LogP contribution >= 0.6 is 0 Å². The van der Waals surface area contributed by atoms with Crippen molar-refractivity contribution in [1.29, 1.82) is 0 Å². The minimum atomic E-state index is -3.83. The van der Waals surface area contributed by atoms with E-state index in [-0.39, 0.29) is 29.8 Å². The van der Waals surface area contributed by atoms with Gasteiger partial charge in [-0.1, -0.05) is 66.7 Å². The summed E-state index contributed by atoms with van der Waals surface area (Å²) in [4.78, 5) is 25.7. The Hall–Kier alpha value is -3.49. The van der Waals surface area contributed by atoms with Gasteiger partial charge in [0.15, 0.2) is 6.61 Å². The predicted molar refractivity (Wildman–Crippen MR) is 139 cm³/mol. The number of ether oxygens (including phenoxy) is 1. The monoisotopic (exact) mass is 518 g/mol. The van der Waals surface area contributed by atoms with Crippen LogP contribution < -0.4 is 5.32 Å². The van der Waals surface area contributed by atoms with Gasteiger partial charge in [-0.05, 0) is 60.1 Å². The van der Waals surface area contributed by atoms with Gasteiger partial charge in [-0.3, -0.25) is 9.59 Å². The second-order valence-electron chi connectivity index (χ2n) is 9.47. The van der Waals surface area contributed by atoms with Crippen molar-refractivity contribution in [2.75, 3.05) is 13.2 Å². The number of aryl methyl sites for hydroxylation is 1. The summed E-state index contributed by atoms with van der Waals surface area (Å²) in [6.45, 7) is -0.148. The third kappa shape index (κ3) is 5.45. The highest BCUT2D eigenvalue weighted by molar-refractivity contribution is 7.89. The van der Waals surface area contributed by atoms with E-state index in [9.17, 15) is 18.0 Å². The number of nitrogens with one attached hydrogen (secondary N) is 1. The first-order chi connectivity index (χ1) is 17.9. The summed E-state index contributed by atoms with van der Waals surface area (Å²) in [5, 5.41) is 2.98. The van der Waals surface area contributed by atoms with Crippen LogP contribution in [0.5, 0.6) is 0 Å². The normalized spacial score (nSPS) is 19.4. The topological polar surface area (TPSA) is 92.8 Å². The molecule has 2 atom stereocenters. The Morgan fingerprint density at radius 3 is 2.27 bits per heavy atom. The number of esters is 1. The predicted octanol–water partition coefficient (Wildman–Crippen LogP) is 4.10. The zero-order valence-corrected chi connectivity index (χ0v) is 21.3. The average Bonchev–Trinajstić information content (AvgIpc) is 2.93. The smallest absolute Gasteiger partial charge is 0.308 e. The maximum atomic E-state index is 13.5. The maximum absolute atomic E-state index is 13.5. The van der Waals surface area contributed by atoms with Crippen LogP contribution in [-0.4, -0.2) is 37.8 Å². The van der Waals surface area contributed by atoms with Gasteiger partial charge in [0.1, 0.15) is 0 Å². The summed E-state index contributed by atoms with van der Waals surface area (Å²) in [6, 6.07) is 23.0. The average molecular weight is 519 g/mol. The first-order valence-corrected chi connectivity index (χ1v) is 14.0. The standard InChI is InChI=1S/C29H30N2O5S/c32-28(30-26-16-8-11-21-9-4-6-14-24(21)26)20-36-29(33)19-27-25-15-7-5-10-22(25)17-18-31(27)37(34,35)23-12-2-1-3-13-23/h1-7,9-10,12-15,26-27H,8,11,16-20H2,(H,30,32). The zero-order chi connectivity index (χ0) is 25.8. The van der Waals surface area contributed by atoms with Crippen molar-refractivity contribution in [3.63, 3.8) is 0 Å². The molecule has 192 valence electrons. The largest absolute Gasteiger partial charge is 0.456 e. The number of carbonyl (C=O) groups excluding carboxylic acids is 2. The molecular formula is C29H30N2O5S. The SMILES string of the molecule is O=C(COC(=O)CC1c2ccccc2CCN1S(=O)(=O)c1ccccc1)NC1CCCc2ccccc21. The maximum Gasteiger partial charge on any atom is 0.308 e. The van der Waals surface area contributed by atoms with Gasteiger partial charge in [0.05, 0.1) is 23.4 Å². The Morgan fingerprint density at radius 2 is 1.51 bits per heavy atom. The molecule has 0 spiro atoms. The molecule has 37 heavy (non-hydrogen) atoms. The van der Waals surface area contributed by atoms with Gasteiger partial charge in [0.25, 0.3) is 5.91 Å². The van der Waals surface area contributed by atoms with Crippen molar-refractivity contribution in [1.82, 2.24) is 9.62 Å². The second-order valence-corrected chi connectivity index (χ2v) is 11.4. The number of hydrogen-bond donors (Lipinski definition) is 1. The van der Waals surface area contributed by atoms with Crippen molar-refractivity contribution in [2.45, 2.75) is 49.1 Å². The number of carbonyl (C=O) groups is 2. The van der Waals surface area contributed by atoms with Crippen LogP contribution in [0.3, 0.4) is 0 Å². The van der Waals surface area contributed by atoms with Crippen LogP contribution in [0.2, 0.25) is 0 Å². The molecule has 0 aromatic heterocycles. The van der Waals surface area contributed by atoms with Crippen molar-refractivity contribution in [3.05, 3.63) is 101 Å². The molecule has 2 unspecified atom stereocenters. The molecule has 2 aliphatic rings. The molecule has 3 aromatic carbocycles. The van der Waals surface area contributed by atoms with E-state index in [2.05, 4.69) is 11.4 Å². The third-order valence-electron chi connectivity index (χ3n) is 7.14. The molecule has 3 aromatic rings. The van der Waals surface area contributed by atoms with Crippen LogP contribution in [0.1, 0.15) is 53.6 Å². The minimum absolute atomic E-state index is 0.104. The van der Waals surface area contributed by atoms with Crippen LogP contribution in [-0.2, 0) is 37.2 Å². The molecule has 0 fully saturated rings. The summed E-state index contributed by atoms with van der Waals surface area (Å²) < 4.78 is 33.7. The molecule has 1 N–H and O–H groups in total. The fourth-order valence-electron chi connectivity index (χ4n) is 5.36. The Kier molecular flexibility index (Phi) is 7.39. The lowest BCUT2D eigenvalue weighted by atomic mass is 9.88. The summed E-state index contributed by atoms with van der Waals surface area (Å²) in [5.74, 6) is -0.984. The molecule has 0 saturated carbocycles. The Balaban J connectivity index is 1.27. The van der Waals surface area contributed by atoms with E-state index in [4.69, 9.17) is 4.74 Å². The molecule has 0 bridgehead atoms. The van der Waals surface area contributed by atoms with E-state index < -0.39 is 28.6 Å². The fraction of sp³-hybridized carbons (Fsp3) is 0.310. The summed E-state index contributed by atoms with van der Waals surface area (Å²) >= 11 is 0. The van der Waals surface area contributed by atoms with Crippen LogP contribution in [0.4, 0.5) is 0 Å². The van der Waals surface area contributed by atoms with E-state index in [1.165, 1.54) is 9.87 Å². The lowest BCUT2D eigenvalue weighted by Crippen LogP contribution is -2.41. The van der Waals surface area contributed by atoms with Crippen molar-refractivity contribution >= 4 is 21.9 Å². The van der Waals surface area contributed by atoms with E-state index >= 15 is 0 Å². The molecule has 0 saturated heterocycles. The van der Waals surface area contributed by atoms with Crippen molar-refractivity contribution < 1.29 is 22.7 Å². The Bertz CT molecular complexity index is 1390. The number of fused-ring (bicyclic) bond motifs is 2. The molecule has 5 rings (SSSR count). The highest BCUT2D eigenvalue weighted by atomic mass is 32.2. The van der Waals surface area contributed by atoms with Gasteiger partial charge in [-0.15, -0.1) is 0 Å². The quantitative estimate of drug-likeness (QED) is 0.476. The molecule has 0 radical (unpaired) electrons. The highest BCUT2D eigenvalue weighted by Gasteiger charge is 2.38. The van der Waals surface area contributed by atoms with Gasteiger partial charge in [0.2, 0.25) is 10.0 Å². The van der Waals surface area contributed by atoms with Gasteiger partial charge < -0.3 is 10.1 Å². The lowest BCUT2D eigenvalue weighted by molar-refractivity contribution is -0.149. The van der Waals surface area contributed by atoms with Crippen LogP contribution in [0.25, 0.3) is 0 Å². The Labute approximate surface area is 217 Å². The minimum Gasteiger partial charge on any atom is -0.456 e. The zero-order valence-electron chi connectivity index (χ0n) is 20.5. The Morgan fingerprint density at radius 1 is 0.865 bits per heavy atom. The lowest BCUT2D eigenvalue weighted by Gasteiger charge is -2.36. The first kappa shape index (κ1) is 25.2. The van der Waals surface area contributed by atoms with Crippen LogP contribution in [0, 0.1) is 0 Å². The van der Waals surface area contributed by atoms with E-state index in [1.807, 2.05) is 42.5 Å². The molecule has 1 aliphatic carbocycles. The van der Waals surface area contributed by atoms with Gasteiger partial charge >= 0.3 is 5.97 Å². The molecule has 8 heteroatoms. The van der Waals surface area contributed by atoms with Crippen molar-refractivity contribution in [2.24, 2.45) is 0 Å². The van der Waals surface area contributed by atoms with Crippen LogP contribution in [0.15, 0.2) is 83.8 Å². The molecular weight excluding hydrogens is 488 g/mol. The molecule has 7 nitrogen and oxygen atoms in total.